The minimum Gasteiger partial charge on any atom is -0.312 e. The van der Waals surface area contributed by atoms with Crippen LogP contribution in [-0.2, 0) is 9.59 Å². The molecule has 1 aliphatic rings. The number of amides is 2. The van der Waals surface area contributed by atoms with Crippen LogP contribution in [0.5, 0.6) is 0 Å². The normalized spacial score (nSPS) is 17.6. The lowest BCUT2D eigenvalue weighted by atomic mass is 10.1. The Morgan fingerprint density at radius 2 is 2.13 bits per heavy atom. The predicted molar refractivity (Wildman–Crippen MR) is 84.9 cm³/mol. The summed E-state index contributed by atoms with van der Waals surface area (Å²) in [6, 6.07) is 5.84. The van der Waals surface area contributed by atoms with Crippen molar-refractivity contribution in [1.82, 2.24) is 10.2 Å². The van der Waals surface area contributed by atoms with Gasteiger partial charge in [0.05, 0.1) is 0 Å². The second-order valence-corrected chi connectivity index (χ2v) is 6.24. The van der Waals surface area contributed by atoms with Crippen LogP contribution in [0.4, 0.5) is 15.2 Å². The van der Waals surface area contributed by atoms with Crippen molar-refractivity contribution >= 4 is 34.0 Å². The van der Waals surface area contributed by atoms with Crippen LogP contribution in [-0.4, -0.2) is 28.6 Å². The lowest BCUT2D eigenvalue weighted by molar-refractivity contribution is -0.117. The second-order valence-electron chi connectivity index (χ2n) is 5.23. The number of benzene rings is 1. The first kappa shape index (κ1) is 15.5. The topological polar surface area (TPSA) is 75.2 Å². The summed E-state index contributed by atoms with van der Waals surface area (Å²) in [5.74, 6) is -0.561. The molecule has 1 fully saturated rings. The molecule has 3 rings (SSSR count). The molecule has 1 saturated heterocycles. The third-order valence-electron chi connectivity index (χ3n) is 3.62. The smallest absolute Gasteiger partial charge is 0.227 e. The van der Waals surface area contributed by atoms with Crippen molar-refractivity contribution in [1.29, 1.82) is 0 Å². The summed E-state index contributed by atoms with van der Waals surface area (Å²) in [5.41, 5.74) is 0.669. The van der Waals surface area contributed by atoms with Gasteiger partial charge < -0.3 is 10.2 Å². The van der Waals surface area contributed by atoms with Gasteiger partial charge in [0.15, 0.2) is 0 Å². The molecule has 1 aromatic carbocycles. The quantitative estimate of drug-likeness (QED) is 0.932. The molecule has 1 aliphatic heterocycles. The average molecular weight is 334 g/mol. The Bertz CT molecular complexity index is 731. The van der Waals surface area contributed by atoms with Gasteiger partial charge in [0.2, 0.25) is 16.9 Å². The number of anilines is 2. The highest BCUT2D eigenvalue weighted by atomic mass is 32.1. The maximum absolute atomic E-state index is 13.0. The molecule has 2 heterocycles. The van der Waals surface area contributed by atoms with Gasteiger partial charge in [-0.3, -0.25) is 9.59 Å². The van der Waals surface area contributed by atoms with E-state index in [1.54, 1.807) is 24.0 Å². The Kier molecular flexibility index (Phi) is 4.33. The molecule has 23 heavy (non-hydrogen) atoms. The SMILES string of the molecule is CCC(=O)Nc1nnc(C2CC(=O)N(c3ccc(F)cc3)C2)s1. The first-order chi connectivity index (χ1) is 11.1. The van der Waals surface area contributed by atoms with E-state index in [9.17, 15) is 14.0 Å². The number of rotatable bonds is 4. The molecular formula is C15H15FN4O2S. The largest absolute Gasteiger partial charge is 0.312 e. The van der Waals surface area contributed by atoms with E-state index >= 15 is 0 Å². The summed E-state index contributed by atoms with van der Waals surface area (Å²) in [4.78, 5) is 25.2. The van der Waals surface area contributed by atoms with Gasteiger partial charge in [-0.15, -0.1) is 10.2 Å². The van der Waals surface area contributed by atoms with Crippen LogP contribution in [0.25, 0.3) is 0 Å². The lowest BCUT2D eigenvalue weighted by Gasteiger charge is -2.16. The number of carbonyl (C=O) groups excluding carboxylic acids is 2. The molecule has 0 radical (unpaired) electrons. The predicted octanol–water partition coefficient (Wildman–Crippen LogP) is 2.55. The third-order valence-corrected chi connectivity index (χ3v) is 4.62. The molecule has 120 valence electrons. The summed E-state index contributed by atoms with van der Waals surface area (Å²) in [7, 11) is 0. The monoisotopic (exact) mass is 334 g/mol. The zero-order chi connectivity index (χ0) is 16.4. The Hall–Kier alpha value is -2.35. The minimum absolute atomic E-state index is 0.0315. The maximum Gasteiger partial charge on any atom is 0.227 e. The molecule has 1 N–H and O–H groups in total. The number of nitrogens with one attached hydrogen (secondary N) is 1. The Labute approximate surface area is 136 Å². The maximum atomic E-state index is 13.0. The number of hydrogen-bond donors (Lipinski definition) is 1. The molecule has 6 nitrogen and oxygen atoms in total. The van der Waals surface area contributed by atoms with Gasteiger partial charge in [0.1, 0.15) is 10.8 Å². The highest BCUT2D eigenvalue weighted by Crippen LogP contribution is 2.34. The Morgan fingerprint density at radius 1 is 1.39 bits per heavy atom. The molecule has 8 heteroatoms. The Balaban J connectivity index is 1.72. The van der Waals surface area contributed by atoms with Crippen LogP contribution in [0.2, 0.25) is 0 Å². The molecular weight excluding hydrogens is 319 g/mol. The van der Waals surface area contributed by atoms with Gasteiger partial charge in [-0.25, -0.2) is 4.39 Å². The zero-order valence-electron chi connectivity index (χ0n) is 12.5. The van der Waals surface area contributed by atoms with Crippen LogP contribution in [0.1, 0.15) is 30.7 Å². The van der Waals surface area contributed by atoms with Crippen LogP contribution in [0.15, 0.2) is 24.3 Å². The van der Waals surface area contributed by atoms with Crippen molar-refractivity contribution in [2.45, 2.75) is 25.7 Å². The van der Waals surface area contributed by atoms with E-state index in [-0.39, 0.29) is 23.5 Å². The first-order valence-electron chi connectivity index (χ1n) is 7.26. The van der Waals surface area contributed by atoms with Crippen LogP contribution in [0, 0.1) is 5.82 Å². The average Bonchev–Trinajstić information content (AvgIpc) is 3.15. The molecule has 2 amide bonds. The fourth-order valence-corrected chi connectivity index (χ4v) is 3.25. The summed E-state index contributed by atoms with van der Waals surface area (Å²) in [5, 5.41) is 11.8. The van der Waals surface area contributed by atoms with Crippen molar-refractivity contribution in [2.24, 2.45) is 0 Å². The van der Waals surface area contributed by atoms with E-state index < -0.39 is 0 Å². The zero-order valence-corrected chi connectivity index (χ0v) is 13.3. The number of halogens is 1. The fraction of sp³-hybridized carbons (Fsp3) is 0.333. The summed E-state index contributed by atoms with van der Waals surface area (Å²) in [6.07, 6.45) is 0.697. The van der Waals surface area contributed by atoms with Gasteiger partial charge in [0.25, 0.3) is 0 Å². The van der Waals surface area contributed by atoms with Crippen molar-refractivity contribution in [2.75, 3.05) is 16.8 Å². The van der Waals surface area contributed by atoms with Gasteiger partial charge in [-0.05, 0) is 24.3 Å². The lowest BCUT2D eigenvalue weighted by Crippen LogP contribution is -2.24. The van der Waals surface area contributed by atoms with E-state index in [2.05, 4.69) is 15.5 Å². The summed E-state index contributed by atoms with van der Waals surface area (Å²) >= 11 is 1.28. The van der Waals surface area contributed by atoms with Gasteiger partial charge in [-0.2, -0.15) is 0 Å². The van der Waals surface area contributed by atoms with E-state index in [4.69, 9.17) is 0 Å². The standard InChI is InChI=1S/C15H15FN4O2S/c1-2-12(21)17-15-19-18-14(23-15)9-7-13(22)20(8-9)11-5-3-10(16)4-6-11/h3-6,9H,2,7-8H2,1H3,(H,17,19,21). The fourth-order valence-electron chi connectivity index (χ4n) is 2.40. The van der Waals surface area contributed by atoms with Gasteiger partial charge in [-0.1, -0.05) is 18.3 Å². The van der Waals surface area contributed by atoms with Gasteiger partial charge in [0, 0.05) is 31.0 Å². The minimum atomic E-state index is -0.336. The molecule has 0 bridgehead atoms. The van der Waals surface area contributed by atoms with E-state index in [0.29, 0.717) is 30.2 Å². The number of hydrogen-bond acceptors (Lipinski definition) is 5. The number of aromatic nitrogens is 2. The van der Waals surface area contributed by atoms with Crippen molar-refractivity contribution in [3.63, 3.8) is 0 Å². The van der Waals surface area contributed by atoms with Crippen molar-refractivity contribution in [3.8, 4) is 0 Å². The molecule has 1 atom stereocenters. The van der Waals surface area contributed by atoms with E-state index in [1.807, 2.05) is 0 Å². The second kappa shape index (κ2) is 6.41. The van der Waals surface area contributed by atoms with E-state index in [1.165, 1.54) is 23.5 Å². The Morgan fingerprint density at radius 3 is 2.83 bits per heavy atom. The molecule has 0 aliphatic carbocycles. The van der Waals surface area contributed by atoms with E-state index in [0.717, 1.165) is 5.01 Å². The van der Waals surface area contributed by atoms with Gasteiger partial charge >= 0.3 is 0 Å². The molecule has 1 unspecified atom stereocenters. The van der Waals surface area contributed by atoms with Crippen LogP contribution >= 0.6 is 11.3 Å². The van der Waals surface area contributed by atoms with Crippen LogP contribution < -0.4 is 10.2 Å². The molecule has 0 spiro atoms. The summed E-state index contributed by atoms with van der Waals surface area (Å²) in [6.45, 7) is 2.23. The van der Waals surface area contributed by atoms with Crippen LogP contribution in [0.3, 0.4) is 0 Å². The third kappa shape index (κ3) is 3.37. The highest BCUT2D eigenvalue weighted by Gasteiger charge is 2.33. The van der Waals surface area contributed by atoms with Crippen molar-refractivity contribution < 1.29 is 14.0 Å². The number of nitrogens with zero attached hydrogens (tertiary/aromatic N) is 3. The van der Waals surface area contributed by atoms with Crippen molar-refractivity contribution in [3.05, 3.63) is 35.1 Å². The molecule has 0 saturated carbocycles. The first-order valence-corrected chi connectivity index (χ1v) is 8.07. The summed E-state index contributed by atoms with van der Waals surface area (Å²) < 4.78 is 13.0. The highest BCUT2D eigenvalue weighted by molar-refractivity contribution is 7.15. The number of carbonyl (C=O) groups is 2. The molecule has 2 aromatic rings. The molecule has 1 aromatic heterocycles.